The Kier molecular flexibility index (Phi) is 9.30. The van der Waals surface area contributed by atoms with Gasteiger partial charge in [0.05, 0.1) is 21.4 Å². The maximum absolute atomic E-state index is 13.6. The summed E-state index contributed by atoms with van der Waals surface area (Å²) in [5.41, 5.74) is 0.226. The standard InChI is InChI=1S/C21H27Cl3N2O4S2/c1-15(2)25(4)31(27,28)13-5-6-16(3)26(21-14-18(23)9-12-20(21)24)32(29,30)19-10-7-17(22)8-11-19/h7-12,14-16H,5-6,13H2,1-4H3. The third kappa shape index (κ3) is 6.52. The highest BCUT2D eigenvalue weighted by molar-refractivity contribution is 7.93. The van der Waals surface area contributed by atoms with Crippen LogP contribution in [-0.2, 0) is 20.0 Å². The molecule has 0 saturated carbocycles. The monoisotopic (exact) mass is 540 g/mol. The van der Waals surface area contributed by atoms with Crippen LogP contribution in [0.1, 0.15) is 33.6 Å². The van der Waals surface area contributed by atoms with Gasteiger partial charge in [0.25, 0.3) is 10.0 Å². The maximum Gasteiger partial charge on any atom is 0.264 e. The van der Waals surface area contributed by atoms with E-state index in [1.165, 1.54) is 52.1 Å². The Labute approximate surface area is 206 Å². The van der Waals surface area contributed by atoms with Crippen LogP contribution in [0.15, 0.2) is 47.4 Å². The third-order valence-electron chi connectivity index (χ3n) is 5.11. The molecule has 0 amide bonds. The summed E-state index contributed by atoms with van der Waals surface area (Å²) in [6.45, 7) is 5.30. The van der Waals surface area contributed by atoms with Crippen LogP contribution in [-0.4, -0.2) is 46.0 Å². The number of benzene rings is 2. The lowest BCUT2D eigenvalue weighted by atomic mass is 10.2. The molecule has 0 heterocycles. The molecule has 0 saturated heterocycles. The number of rotatable bonds is 10. The Morgan fingerprint density at radius 3 is 2.00 bits per heavy atom. The van der Waals surface area contributed by atoms with Crippen molar-refractivity contribution >= 4 is 60.5 Å². The van der Waals surface area contributed by atoms with Gasteiger partial charge in [-0.05, 0) is 76.1 Å². The Morgan fingerprint density at radius 1 is 0.875 bits per heavy atom. The minimum absolute atomic E-state index is 0.0388. The van der Waals surface area contributed by atoms with Crippen molar-refractivity contribution in [2.75, 3.05) is 17.1 Å². The van der Waals surface area contributed by atoms with Gasteiger partial charge in [0, 0.05) is 29.2 Å². The summed E-state index contributed by atoms with van der Waals surface area (Å²) in [6.07, 6.45) is 0.562. The first-order valence-corrected chi connectivity index (χ1v) is 14.2. The van der Waals surface area contributed by atoms with Crippen LogP contribution in [0, 0.1) is 0 Å². The number of anilines is 1. The molecular formula is C21H27Cl3N2O4S2. The van der Waals surface area contributed by atoms with Crippen LogP contribution >= 0.6 is 34.8 Å². The molecule has 0 aliphatic heterocycles. The van der Waals surface area contributed by atoms with E-state index in [4.69, 9.17) is 34.8 Å². The topological polar surface area (TPSA) is 74.8 Å². The quantitative estimate of drug-likeness (QED) is 0.388. The second kappa shape index (κ2) is 10.9. The lowest BCUT2D eigenvalue weighted by molar-refractivity contribution is 0.409. The van der Waals surface area contributed by atoms with E-state index < -0.39 is 26.1 Å². The molecule has 1 unspecified atom stereocenters. The summed E-state index contributed by atoms with van der Waals surface area (Å²) in [5, 5.41) is 0.948. The van der Waals surface area contributed by atoms with Gasteiger partial charge in [-0.15, -0.1) is 0 Å². The molecule has 0 aliphatic rings. The van der Waals surface area contributed by atoms with Gasteiger partial charge in [-0.3, -0.25) is 4.31 Å². The van der Waals surface area contributed by atoms with Gasteiger partial charge in [-0.2, -0.15) is 0 Å². The number of halogens is 3. The van der Waals surface area contributed by atoms with Crippen molar-refractivity contribution < 1.29 is 16.8 Å². The van der Waals surface area contributed by atoms with Crippen molar-refractivity contribution in [1.82, 2.24) is 4.31 Å². The Bertz CT molecular complexity index is 1140. The van der Waals surface area contributed by atoms with E-state index in [-0.39, 0.29) is 33.8 Å². The molecule has 2 rings (SSSR count). The lowest BCUT2D eigenvalue weighted by Gasteiger charge is -2.31. The zero-order valence-corrected chi connectivity index (χ0v) is 22.2. The van der Waals surface area contributed by atoms with E-state index in [2.05, 4.69) is 0 Å². The summed E-state index contributed by atoms with van der Waals surface area (Å²) < 4.78 is 54.6. The minimum atomic E-state index is -4.03. The molecular weight excluding hydrogens is 515 g/mol. The SMILES string of the molecule is CC(C)N(C)S(=O)(=O)CCCC(C)N(c1cc(Cl)ccc1Cl)S(=O)(=O)c1ccc(Cl)cc1. The molecule has 11 heteroatoms. The molecule has 0 N–H and O–H groups in total. The van der Waals surface area contributed by atoms with E-state index in [0.717, 1.165) is 0 Å². The number of hydrogen-bond acceptors (Lipinski definition) is 4. The van der Waals surface area contributed by atoms with Crippen molar-refractivity contribution in [3.05, 3.63) is 57.5 Å². The van der Waals surface area contributed by atoms with Gasteiger partial charge in [0.1, 0.15) is 0 Å². The molecule has 178 valence electrons. The van der Waals surface area contributed by atoms with Crippen molar-refractivity contribution in [2.24, 2.45) is 0 Å². The van der Waals surface area contributed by atoms with Crippen molar-refractivity contribution in [2.45, 2.75) is 50.6 Å². The van der Waals surface area contributed by atoms with Gasteiger partial charge in [-0.25, -0.2) is 21.1 Å². The summed E-state index contributed by atoms with van der Waals surface area (Å²) in [7, 11) is -5.95. The van der Waals surface area contributed by atoms with Crippen molar-refractivity contribution in [3.8, 4) is 0 Å². The van der Waals surface area contributed by atoms with Crippen molar-refractivity contribution in [1.29, 1.82) is 0 Å². The van der Waals surface area contributed by atoms with E-state index in [1.54, 1.807) is 26.8 Å². The fourth-order valence-corrected chi connectivity index (χ4v) is 6.83. The second-order valence-corrected chi connectivity index (χ2v) is 13.0. The summed E-state index contributed by atoms with van der Waals surface area (Å²) >= 11 is 18.4. The van der Waals surface area contributed by atoms with E-state index in [9.17, 15) is 16.8 Å². The predicted octanol–water partition coefficient (Wildman–Crippen LogP) is 5.68. The van der Waals surface area contributed by atoms with Crippen molar-refractivity contribution in [3.63, 3.8) is 0 Å². The van der Waals surface area contributed by atoms with Crippen LogP contribution in [0.2, 0.25) is 15.1 Å². The van der Waals surface area contributed by atoms with Gasteiger partial charge >= 0.3 is 0 Å². The molecule has 2 aromatic rings. The highest BCUT2D eigenvalue weighted by Crippen LogP contribution is 2.35. The molecule has 0 radical (unpaired) electrons. The zero-order chi connectivity index (χ0) is 24.3. The van der Waals surface area contributed by atoms with Crippen LogP contribution in [0.4, 0.5) is 5.69 Å². The normalized spacial score (nSPS) is 13.5. The average Bonchev–Trinajstić information content (AvgIpc) is 2.70. The summed E-state index contributed by atoms with van der Waals surface area (Å²) in [6, 6.07) is 9.64. The Hall–Kier alpha value is -1.03. The predicted molar refractivity (Wildman–Crippen MR) is 133 cm³/mol. The highest BCUT2D eigenvalue weighted by Gasteiger charge is 2.31. The first-order chi connectivity index (χ1) is 14.8. The lowest BCUT2D eigenvalue weighted by Crippen LogP contribution is -2.40. The second-order valence-electron chi connectivity index (χ2n) is 7.77. The minimum Gasteiger partial charge on any atom is -0.262 e. The molecule has 6 nitrogen and oxygen atoms in total. The number of nitrogens with zero attached hydrogens (tertiary/aromatic N) is 2. The third-order valence-corrected chi connectivity index (χ3v) is 9.96. The van der Waals surface area contributed by atoms with Crippen LogP contribution in [0.25, 0.3) is 0 Å². The Morgan fingerprint density at radius 2 is 1.44 bits per heavy atom. The molecule has 2 aromatic carbocycles. The maximum atomic E-state index is 13.6. The fourth-order valence-electron chi connectivity index (χ4n) is 3.12. The van der Waals surface area contributed by atoms with Gasteiger partial charge < -0.3 is 0 Å². The molecule has 32 heavy (non-hydrogen) atoms. The molecule has 0 bridgehead atoms. The van der Waals surface area contributed by atoms with Gasteiger partial charge in [-0.1, -0.05) is 34.8 Å². The van der Waals surface area contributed by atoms with Crippen LogP contribution < -0.4 is 4.31 Å². The molecule has 0 aromatic heterocycles. The smallest absolute Gasteiger partial charge is 0.262 e. The molecule has 0 spiro atoms. The largest absolute Gasteiger partial charge is 0.264 e. The highest BCUT2D eigenvalue weighted by atomic mass is 35.5. The number of hydrogen-bond donors (Lipinski definition) is 0. The summed E-state index contributed by atoms with van der Waals surface area (Å²) in [4.78, 5) is 0.0388. The first kappa shape index (κ1) is 27.2. The van der Waals surface area contributed by atoms with E-state index in [0.29, 0.717) is 16.5 Å². The number of sulfonamides is 2. The van der Waals surface area contributed by atoms with E-state index in [1.807, 2.05) is 0 Å². The Balaban J connectivity index is 2.39. The molecule has 0 aliphatic carbocycles. The summed E-state index contributed by atoms with van der Waals surface area (Å²) in [5.74, 6) is -0.0931. The van der Waals surface area contributed by atoms with Crippen LogP contribution in [0.3, 0.4) is 0 Å². The zero-order valence-electron chi connectivity index (χ0n) is 18.3. The van der Waals surface area contributed by atoms with E-state index >= 15 is 0 Å². The molecule has 1 atom stereocenters. The van der Waals surface area contributed by atoms with Crippen LogP contribution in [0.5, 0.6) is 0 Å². The van der Waals surface area contributed by atoms with Gasteiger partial charge in [0.2, 0.25) is 10.0 Å². The first-order valence-electron chi connectivity index (χ1n) is 9.98. The average molecular weight is 542 g/mol. The fraction of sp³-hybridized carbons (Fsp3) is 0.429. The molecule has 0 fully saturated rings. The van der Waals surface area contributed by atoms with Gasteiger partial charge in [0.15, 0.2) is 0 Å².